The standard InChI is InChI=1S/C22H32N2O8/c1-21(2,3)31-19(27)24(20(28)32-22(4,5)6)17(18(25)26)13-12-16(14-23(29)30)15-10-8-7-9-11-15/h7-11,16-17H,12-14H2,1-6H3,(H,25,26)/t16-,17-/m1/s1. The largest absolute Gasteiger partial charge is 0.480 e. The van der Waals surface area contributed by atoms with Crippen LogP contribution in [0.4, 0.5) is 9.59 Å². The van der Waals surface area contributed by atoms with Crippen molar-refractivity contribution in [2.75, 3.05) is 6.54 Å². The zero-order valence-electron chi connectivity index (χ0n) is 19.4. The minimum absolute atomic E-state index is 0.0457. The molecular weight excluding hydrogens is 420 g/mol. The van der Waals surface area contributed by atoms with E-state index in [-0.39, 0.29) is 12.8 Å². The highest BCUT2D eigenvalue weighted by Gasteiger charge is 2.40. The normalized spacial score (nSPS) is 13.6. The Morgan fingerprint density at radius 2 is 1.44 bits per heavy atom. The van der Waals surface area contributed by atoms with Crippen LogP contribution in [0.15, 0.2) is 30.3 Å². The summed E-state index contributed by atoms with van der Waals surface area (Å²) in [6.45, 7) is 9.06. The maximum absolute atomic E-state index is 12.8. The molecule has 0 spiro atoms. The van der Waals surface area contributed by atoms with Gasteiger partial charge in [0.15, 0.2) is 0 Å². The number of hydrogen-bond acceptors (Lipinski definition) is 7. The van der Waals surface area contributed by atoms with Crippen LogP contribution < -0.4 is 0 Å². The van der Waals surface area contributed by atoms with Crippen LogP contribution in [0.25, 0.3) is 0 Å². The number of carboxylic acids is 1. The van der Waals surface area contributed by atoms with Crippen molar-refractivity contribution in [3.05, 3.63) is 46.0 Å². The lowest BCUT2D eigenvalue weighted by molar-refractivity contribution is -0.483. The van der Waals surface area contributed by atoms with E-state index in [1.807, 2.05) is 0 Å². The van der Waals surface area contributed by atoms with Crippen molar-refractivity contribution in [1.82, 2.24) is 4.90 Å². The summed E-state index contributed by atoms with van der Waals surface area (Å²) in [5, 5.41) is 21.0. The van der Waals surface area contributed by atoms with Gasteiger partial charge in [-0.3, -0.25) is 10.1 Å². The number of hydrogen-bond donors (Lipinski definition) is 1. The van der Waals surface area contributed by atoms with Gasteiger partial charge in [-0.15, -0.1) is 0 Å². The first-order valence-corrected chi connectivity index (χ1v) is 10.3. The third-order valence-corrected chi connectivity index (χ3v) is 4.21. The van der Waals surface area contributed by atoms with Crippen molar-refractivity contribution < 1.29 is 33.9 Å². The zero-order chi connectivity index (χ0) is 24.7. The summed E-state index contributed by atoms with van der Waals surface area (Å²) >= 11 is 0. The molecule has 0 fully saturated rings. The lowest BCUT2D eigenvalue weighted by Gasteiger charge is -2.32. The first-order valence-electron chi connectivity index (χ1n) is 10.3. The zero-order valence-corrected chi connectivity index (χ0v) is 19.4. The second-order valence-electron chi connectivity index (χ2n) is 9.38. The smallest absolute Gasteiger partial charge is 0.420 e. The predicted molar refractivity (Wildman–Crippen MR) is 116 cm³/mol. The summed E-state index contributed by atoms with van der Waals surface area (Å²) in [5.41, 5.74) is -1.31. The van der Waals surface area contributed by atoms with Crippen LogP contribution in [0.2, 0.25) is 0 Å². The minimum Gasteiger partial charge on any atom is -0.480 e. The lowest BCUT2D eigenvalue weighted by atomic mass is 9.92. The highest BCUT2D eigenvalue weighted by atomic mass is 16.6. The molecule has 0 aliphatic heterocycles. The SMILES string of the molecule is CC(C)(C)OC(=O)N(C(=O)OC(C)(C)C)[C@H](CC[C@H](C[N+](=O)[O-])c1ccccc1)C(=O)O. The van der Waals surface area contributed by atoms with E-state index >= 15 is 0 Å². The Bertz CT molecular complexity index is 783. The van der Waals surface area contributed by atoms with Gasteiger partial charge in [-0.05, 0) is 59.9 Å². The first-order chi connectivity index (χ1) is 14.6. The van der Waals surface area contributed by atoms with Gasteiger partial charge in [-0.2, -0.15) is 4.90 Å². The molecule has 10 heteroatoms. The number of carbonyl (C=O) groups is 3. The average Bonchev–Trinajstić information content (AvgIpc) is 2.60. The summed E-state index contributed by atoms with van der Waals surface area (Å²) < 4.78 is 10.5. The number of carboxylic acid groups (broad SMARTS) is 1. The molecule has 0 unspecified atom stereocenters. The number of aliphatic carboxylic acids is 1. The Hall–Kier alpha value is -3.17. The lowest BCUT2D eigenvalue weighted by Crippen LogP contribution is -2.52. The van der Waals surface area contributed by atoms with E-state index in [1.165, 1.54) is 0 Å². The van der Waals surface area contributed by atoms with Gasteiger partial charge in [-0.1, -0.05) is 30.3 Å². The highest BCUT2D eigenvalue weighted by Crippen LogP contribution is 2.25. The molecule has 0 aromatic heterocycles. The Morgan fingerprint density at radius 1 is 0.969 bits per heavy atom. The van der Waals surface area contributed by atoms with E-state index in [1.54, 1.807) is 71.9 Å². The molecule has 0 saturated heterocycles. The van der Waals surface area contributed by atoms with Crippen molar-refractivity contribution in [1.29, 1.82) is 0 Å². The number of nitro groups is 1. The van der Waals surface area contributed by atoms with Gasteiger partial charge in [0.2, 0.25) is 6.54 Å². The monoisotopic (exact) mass is 452 g/mol. The number of imide groups is 1. The first kappa shape index (κ1) is 26.9. The molecule has 0 bridgehead atoms. The van der Waals surface area contributed by atoms with Crippen LogP contribution >= 0.6 is 0 Å². The van der Waals surface area contributed by atoms with E-state index in [0.29, 0.717) is 10.5 Å². The fraction of sp³-hybridized carbons (Fsp3) is 0.591. The van der Waals surface area contributed by atoms with E-state index in [9.17, 15) is 29.6 Å². The average molecular weight is 453 g/mol. The Balaban J connectivity index is 3.23. The molecule has 32 heavy (non-hydrogen) atoms. The number of nitrogens with zero attached hydrogens (tertiary/aromatic N) is 2. The van der Waals surface area contributed by atoms with Crippen LogP contribution in [0, 0.1) is 10.1 Å². The molecule has 10 nitrogen and oxygen atoms in total. The van der Waals surface area contributed by atoms with Crippen LogP contribution in [0.5, 0.6) is 0 Å². The molecule has 1 rings (SSSR count). The molecule has 0 radical (unpaired) electrons. The molecule has 1 N–H and O–H groups in total. The fourth-order valence-electron chi connectivity index (χ4n) is 2.94. The Labute approximate surface area is 187 Å². The topological polar surface area (TPSA) is 136 Å². The van der Waals surface area contributed by atoms with Crippen molar-refractivity contribution in [2.24, 2.45) is 0 Å². The minimum atomic E-state index is -1.63. The van der Waals surface area contributed by atoms with Crippen LogP contribution in [-0.2, 0) is 14.3 Å². The summed E-state index contributed by atoms with van der Waals surface area (Å²) in [5.74, 6) is -2.05. The maximum atomic E-state index is 12.8. The summed E-state index contributed by atoms with van der Waals surface area (Å²) in [6, 6.07) is 7.01. The Kier molecular flexibility index (Phi) is 9.17. The molecule has 1 aromatic rings. The molecule has 2 amide bonds. The van der Waals surface area contributed by atoms with E-state index in [2.05, 4.69) is 0 Å². The van der Waals surface area contributed by atoms with E-state index < -0.39 is 52.8 Å². The highest BCUT2D eigenvalue weighted by molar-refractivity contribution is 5.93. The third kappa shape index (κ3) is 9.32. The molecule has 2 atom stereocenters. The van der Waals surface area contributed by atoms with Gasteiger partial charge in [0, 0.05) is 10.8 Å². The van der Waals surface area contributed by atoms with Gasteiger partial charge >= 0.3 is 18.2 Å². The van der Waals surface area contributed by atoms with Gasteiger partial charge in [0.25, 0.3) is 0 Å². The van der Waals surface area contributed by atoms with Crippen LogP contribution in [-0.4, -0.2) is 56.9 Å². The van der Waals surface area contributed by atoms with Gasteiger partial charge in [0.1, 0.15) is 17.2 Å². The number of carbonyl (C=O) groups excluding carboxylic acids is 2. The number of amides is 2. The molecule has 1 aromatic carbocycles. The van der Waals surface area contributed by atoms with Gasteiger partial charge < -0.3 is 14.6 Å². The molecule has 0 aliphatic rings. The summed E-state index contributed by atoms with van der Waals surface area (Å²) in [7, 11) is 0. The molecule has 178 valence electrons. The maximum Gasteiger partial charge on any atom is 0.420 e. The summed E-state index contributed by atoms with van der Waals surface area (Å²) in [4.78, 5) is 48.7. The molecule has 0 saturated carbocycles. The number of rotatable bonds is 8. The third-order valence-electron chi connectivity index (χ3n) is 4.21. The van der Waals surface area contributed by atoms with Crippen molar-refractivity contribution >= 4 is 18.2 Å². The second kappa shape index (κ2) is 10.9. The van der Waals surface area contributed by atoms with Crippen molar-refractivity contribution in [3.63, 3.8) is 0 Å². The van der Waals surface area contributed by atoms with Gasteiger partial charge in [-0.25, -0.2) is 14.4 Å². The van der Waals surface area contributed by atoms with Gasteiger partial charge in [0.05, 0.1) is 0 Å². The Morgan fingerprint density at radius 3 is 1.81 bits per heavy atom. The quantitative estimate of drug-likeness (QED) is 0.451. The number of ether oxygens (including phenoxy) is 2. The number of benzene rings is 1. The van der Waals surface area contributed by atoms with Crippen molar-refractivity contribution in [2.45, 2.75) is 77.5 Å². The van der Waals surface area contributed by atoms with Crippen molar-refractivity contribution in [3.8, 4) is 0 Å². The summed E-state index contributed by atoms with van der Waals surface area (Å²) in [6.07, 6.45) is -2.50. The molecule has 0 heterocycles. The molecule has 0 aliphatic carbocycles. The fourth-order valence-corrected chi connectivity index (χ4v) is 2.94. The van der Waals surface area contributed by atoms with E-state index in [0.717, 1.165) is 0 Å². The predicted octanol–water partition coefficient (Wildman–Crippen LogP) is 4.45. The molecular formula is C22H32N2O8. The second-order valence-corrected chi connectivity index (χ2v) is 9.38. The van der Waals surface area contributed by atoms with Crippen LogP contribution in [0.3, 0.4) is 0 Å². The van der Waals surface area contributed by atoms with E-state index in [4.69, 9.17) is 9.47 Å². The van der Waals surface area contributed by atoms with Crippen LogP contribution in [0.1, 0.15) is 65.9 Å².